The molecule has 5 heterocycles. The second kappa shape index (κ2) is 17.5. The number of thiazole rings is 1. The molecule has 1 saturated carbocycles. The van der Waals surface area contributed by atoms with Crippen LogP contribution >= 0.6 is 11.3 Å². The summed E-state index contributed by atoms with van der Waals surface area (Å²) in [4.78, 5) is 58.3. The molecule has 2 aromatic carbocycles. The largest absolute Gasteiger partial charge is 0.497 e. The number of anilines is 2. The number of carbonyl (C=O) groups excluding carboxylic acids is 3. The Hall–Kier alpha value is -6.07. The van der Waals surface area contributed by atoms with E-state index in [0.29, 0.717) is 46.0 Å². The molecular formula is C44H48N8O7S2. The fourth-order valence-corrected chi connectivity index (χ4v) is 9.93. The second-order valence-electron chi connectivity index (χ2n) is 15.8. The maximum atomic E-state index is 14.6. The molecule has 5 aromatic rings. The van der Waals surface area contributed by atoms with Crippen LogP contribution < -0.4 is 30.1 Å². The fourth-order valence-electron chi connectivity index (χ4n) is 7.86. The fraction of sp³-hybridized carbons (Fsp3) is 0.364. The quantitative estimate of drug-likeness (QED) is 0.123. The lowest BCUT2D eigenvalue weighted by atomic mass is 10.1. The number of nitrogens with zero attached hydrogens (tertiary/aromatic N) is 4. The van der Waals surface area contributed by atoms with Gasteiger partial charge in [0.1, 0.15) is 45.5 Å². The first-order valence-corrected chi connectivity index (χ1v) is 22.8. The highest BCUT2D eigenvalue weighted by molar-refractivity contribution is 7.90. The van der Waals surface area contributed by atoms with E-state index in [4.69, 9.17) is 19.4 Å². The van der Waals surface area contributed by atoms with E-state index in [1.807, 2.05) is 37.4 Å². The van der Waals surface area contributed by atoms with Crippen molar-refractivity contribution in [3.63, 3.8) is 0 Å². The number of benzene rings is 2. The van der Waals surface area contributed by atoms with Gasteiger partial charge < -0.3 is 30.3 Å². The molecule has 61 heavy (non-hydrogen) atoms. The van der Waals surface area contributed by atoms with E-state index < -0.39 is 51.3 Å². The van der Waals surface area contributed by atoms with Crippen LogP contribution in [-0.2, 0) is 19.6 Å². The van der Waals surface area contributed by atoms with E-state index in [2.05, 4.69) is 25.7 Å². The highest BCUT2D eigenvalue weighted by atomic mass is 32.2. The average Bonchev–Trinajstić information content (AvgIpc) is 3.51. The first-order chi connectivity index (χ1) is 29.4. The Morgan fingerprint density at radius 1 is 1.02 bits per heavy atom. The van der Waals surface area contributed by atoms with Crippen molar-refractivity contribution >= 4 is 60.8 Å². The molecule has 17 heteroatoms. The number of aromatic nitrogens is 3. The Morgan fingerprint density at radius 2 is 1.85 bits per heavy atom. The predicted octanol–water partition coefficient (Wildman–Crippen LogP) is 6.17. The van der Waals surface area contributed by atoms with Gasteiger partial charge in [-0.15, -0.1) is 11.3 Å². The lowest BCUT2D eigenvalue weighted by molar-refractivity contribution is -0.131. The number of amides is 3. The number of para-hydroxylation sites is 1. The van der Waals surface area contributed by atoms with Crippen LogP contribution in [0.25, 0.3) is 22.3 Å². The van der Waals surface area contributed by atoms with Gasteiger partial charge in [0.2, 0.25) is 5.91 Å². The molecule has 0 spiro atoms. The summed E-state index contributed by atoms with van der Waals surface area (Å²) < 4.78 is 42.1. The van der Waals surface area contributed by atoms with Crippen molar-refractivity contribution in [3.05, 3.63) is 96.2 Å². The van der Waals surface area contributed by atoms with Crippen molar-refractivity contribution in [2.24, 2.45) is 5.92 Å². The number of carbonyl (C=O) groups is 3. The highest BCUT2D eigenvalue weighted by Gasteiger charge is 2.61. The van der Waals surface area contributed by atoms with Crippen LogP contribution in [0.5, 0.6) is 11.5 Å². The molecule has 4 N–H and O–H groups in total. The number of fused-ring (bicyclic) bond motifs is 3. The van der Waals surface area contributed by atoms with Gasteiger partial charge in [-0.3, -0.25) is 19.4 Å². The monoisotopic (exact) mass is 864 g/mol. The van der Waals surface area contributed by atoms with Gasteiger partial charge in [-0.2, -0.15) is 0 Å². The van der Waals surface area contributed by atoms with Crippen LogP contribution in [0.2, 0.25) is 0 Å². The standard InChI is InChI=1S/C44H48N8O7S2/c1-27(2)47-43-49-36(26-60-43)35-23-38(31-18-17-29(58-3)21-34(31)48-35)59-30-22-37(52(25-30)41(54)33-15-10-12-20-46-33)40(53)50-44-24-28(44)13-7-5-4-6-11-19-45-32-14-8-9-16-39(32)61(56,57)51-42(44)55/h7-10,12-18,20-21,23,26-28,30,37,45H,4-6,11,19,22,24-25H2,1-3H3,(H,47,49)(H,50,53)(H,51,55)/b13-7-/t28?,30-,37+,44-/m1/s1. The van der Waals surface area contributed by atoms with Gasteiger partial charge in [-0.05, 0) is 75.9 Å². The second-order valence-corrected chi connectivity index (χ2v) is 18.3. The number of sulfonamides is 1. The number of allylic oxidation sites excluding steroid dienone is 1. The van der Waals surface area contributed by atoms with Crippen LogP contribution in [0, 0.1) is 5.92 Å². The zero-order chi connectivity index (χ0) is 42.7. The number of nitrogens with one attached hydrogen (secondary N) is 4. The minimum atomic E-state index is -4.35. The van der Waals surface area contributed by atoms with E-state index in [9.17, 15) is 22.8 Å². The van der Waals surface area contributed by atoms with Crippen molar-refractivity contribution in [2.75, 3.05) is 30.8 Å². The molecule has 1 aliphatic carbocycles. The lowest BCUT2D eigenvalue weighted by Crippen LogP contribution is -2.56. The molecule has 3 aromatic heterocycles. The van der Waals surface area contributed by atoms with Crippen molar-refractivity contribution in [3.8, 4) is 22.9 Å². The Kier molecular flexibility index (Phi) is 11.9. The number of rotatable bonds is 9. The molecular weight excluding hydrogens is 817 g/mol. The molecule has 2 aliphatic heterocycles. The van der Waals surface area contributed by atoms with E-state index in [0.717, 1.165) is 30.8 Å². The van der Waals surface area contributed by atoms with Crippen molar-refractivity contribution in [1.29, 1.82) is 0 Å². The van der Waals surface area contributed by atoms with Crippen molar-refractivity contribution in [2.45, 2.75) is 81.0 Å². The van der Waals surface area contributed by atoms with Gasteiger partial charge in [0.15, 0.2) is 5.13 Å². The highest BCUT2D eigenvalue weighted by Crippen LogP contribution is 2.46. The SMILES string of the molecule is COc1ccc2c(O[C@@H]3C[C@@H](C(=O)N[C@]45CC4/C=C\CCCCCNc4ccccc4S(=O)(=O)NC5=O)N(C(=O)c4ccccn4)C3)cc(-c3csc(NC(C)C)n3)nc2c1. The van der Waals surface area contributed by atoms with Crippen molar-refractivity contribution < 1.29 is 32.3 Å². The third-order valence-corrected chi connectivity index (χ3v) is 13.2. The molecule has 3 amide bonds. The third-order valence-electron chi connectivity index (χ3n) is 11.1. The van der Waals surface area contributed by atoms with Gasteiger partial charge >= 0.3 is 0 Å². The molecule has 4 atom stereocenters. The molecule has 0 radical (unpaired) electrons. The summed E-state index contributed by atoms with van der Waals surface area (Å²) in [6.07, 6.45) is 8.36. The van der Waals surface area contributed by atoms with Gasteiger partial charge in [-0.25, -0.2) is 23.1 Å². The number of methoxy groups -OCH3 is 1. The Balaban J connectivity index is 1.10. The van der Waals surface area contributed by atoms with Crippen LogP contribution in [0.4, 0.5) is 10.8 Å². The topological polar surface area (TPSA) is 194 Å². The Bertz CT molecular complexity index is 2580. The first-order valence-electron chi connectivity index (χ1n) is 20.4. The number of ether oxygens (including phenoxy) is 2. The third kappa shape index (κ3) is 9.03. The summed E-state index contributed by atoms with van der Waals surface area (Å²) in [6.45, 7) is 4.66. The minimum Gasteiger partial charge on any atom is -0.497 e. The molecule has 1 saturated heterocycles. The smallest absolute Gasteiger partial charge is 0.273 e. The summed E-state index contributed by atoms with van der Waals surface area (Å²) in [5.41, 5.74) is 0.748. The number of likely N-dealkylation sites (tertiary alicyclic amines) is 1. The van der Waals surface area contributed by atoms with Crippen LogP contribution in [0.1, 0.15) is 62.9 Å². The maximum absolute atomic E-state index is 14.6. The Morgan fingerprint density at radius 3 is 2.66 bits per heavy atom. The Labute approximate surface area is 358 Å². The van der Waals surface area contributed by atoms with E-state index in [1.165, 1.54) is 28.5 Å². The zero-order valence-corrected chi connectivity index (χ0v) is 35.7. The van der Waals surface area contributed by atoms with E-state index >= 15 is 0 Å². The molecule has 15 nitrogen and oxygen atoms in total. The number of pyridine rings is 2. The lowest BCUT2D eigenvalue weighted by Gasteiger charge is -2.26. The van der Waals surface area contributed by atoms with Crippen LogP contribution in [0.15, 0.2) is 95.4 Å². The van der Waals surface area contributed by atoms with Crippen LogP contribution in [-0.4, -0.2) is 89.9 Å². The molecule has 1 unspecified atom stereocenters. The van der Waals surface area contributed by atoms with Gasteiger partial charge in [0.05, 0.1) is 30.6 Å². The molecule has 2 fully saturated rings. The van der Waals surface area contributed by atoms with Crippen LogP contribution in [0.3, 0.4) is 0 Å². The summed E-state index contributed by atoms with van der Waals surface area (Å²) in [5.74, 6) is -1.36. The molecule has 318 valence electrons. The zero-order valence-electron chi connectivity index (χ0n) is 34.1. The maximum Gasteiger partial charge on any atom is 0.273 e. The number of hydrogen-bond donors (Lipinski definition) is 4. The van der Waals surface area contributed by atoms with E-state index in [-0.39, 0.29) is 36.0 Å². The summed E-state index contributed by atoms with van der Waals surface area (Å²) in [5, 5.41) is 12.8. The van der Waals surface area contributed by atoms with Gasteiger partial charge in [0, 0.05) is 54.0 Å². The number of hydrogen-bond acceptors (Lipinski definition) is 13. The predicted molar refractivity (Wildman–Crippen MR) is 233 cm³/mol. The molecule has 0 bridgehead atoms. The van der Waals surface area contributed by atoms with Crippen molar-refractivity contribution in [1.82, 2.24) is 29.9 Å². The first kappa shape index (κ1) is 41.7. The minimum absolute atomic E-state index is 0.0165. The average molecular weight is 865 g/mol. The normalized spacial score (nSPS) is 23.0. The van der Waals surface area contributed by atoms with Gasteiger partial charge in [0.25, 0.3) is 21.8 Å². The molecule has 3 aliphatic rings. The van der Waals surface area contributed by atoms with Gasteiger partial charge in [-0.1, -0.05) is 36.8 Å². The summed E-state index contributed by atoms with van der Waals surface area (Å²) in [7, 11) is -2.77. The summed E-state index contributed by atoms with van der Waals surface area (Å²) in [6, 6.07) is 17.7. The van der Waals surface area contributed by atoms with E-state index in [1.54, 1.807) is 61.7 Å². The molecule has 8 rings (SSSR count). The summed E-state index contributed by atoms with van der Waals surface area (Å²) >= 11 is 1.46.